The molecule has 5 heteroatoms. The topological polar surface area (TPSA) is 49.4 Å². The zero-order chi connectivity index (χ0) is 17.2. The van der Waals surface area contributed by atoms with Crippen LogP contribution in [0.4, 0.5) is 0 Å². The van der Waals surface area contributed by atoms with Gasteiger partial charge in [0.2, 0.25) is 11.8 Å². The Morgan fingerprint density at radius 1 is 1.25 bits per heavy atom. The Hall–Kier alpha value is -1.81. The van der Waals surface area contributed by atoms with E-state index in [9.17, 15) is 9.59 Å². The zero-order valence-corrected chi connectivity index (χ0v) is 14.5. The van der Waals surface area contributed by atoms with E-state index >= 15 is 0 Å². The highest BCUT2D eigenvalue weighted by molar-refractivity contribution is 6.30. The van der Waals surface area contributed by atoms with Crippen LogP contribution in [-0.2, 0) is 16.1 Å². The van der Waals surface area contributed by atoms with Gasteiger partial charge in [0.05, 0.1) is 0 Å². The lowest BCUT2D eigenvalue weighted by atomic mass is 9.57. The highest BCUT2D eigenvalue weighted by Gasteiger charge is 2.48. The van der Waals surface area contributed by atoms with Gasteiger partial charge >= 0.3 is 0 Å². The molecule has 128 valence electrons. The van der Waals surface area contributed by atoms with Crippen molar-refractivity contribution in [3.8, 4) is 0 Å². The van der Waals surface area contributed by atoms with Gasteiger partial charge in [0.1, 0.15) is 0 Å². The molecular weight excluding hydrogens is 324 g/mol. The van der Waals surface area contributed by atoms with Crippen LogP contribution in [0.3, 0.4) is 0 Å². The van der Waals surface area contributed by atoms with Crippen molar-refractivity contribution in [3.05, 3.63) is 47.5 Å². The lowest BCUT2D eigenvalue weighted by Gasteiger charge is -2.51. The van der Waals surface area contributed by atoms with Gasteiger partial charge < -0.3 is 10.2 Å². The summed E-state index contributed by atoms with van der Waals surface area (Å²) in [6.45, 7) is 5.65. The Morgan fingerprint density at radius 2 is 1.88 bits per heavy atom. The maximum Gasteiger partial charge on any atom is 0.245 e. The van der Waals surface area contributed by atoms with Crippen molar-refractivity contribution in [3.63, 3.8) is 0 Å². The first-order chi connectivity index (χ1) is 11.5. The van der Waals surface area contributed by atoms with E-state index in [0.717, 1.165) is 44.3 Å². The van der Waals surface area contributed by atoms with Gasteiger partial charge in [0.15, 0.2) is 0 Å². The van der Waals surface area contributed by atoms with E-state index in [1.54, 1.807) is 0 Å². The highest BCUT2D eigenvalue weighted by atomic mass is 35.5. The van der Waals surface area contributed by atoms with Crippen LogP contribution in [0.25, 0.3) is 0 Å². The fourth-order valence-electron chi connectivity index (χ4n) is 3.85. The Kier molecular flexibility index (Phi) is 4.95. The molecule has 0 aromatic heterocycles. The average Bonchev–Trinajstić information content (AvgIpc) is 2.58. The summed E-state index contributed by atoms with van der Waals surface area (Å²) < 4.78 is 0. The number of piperidine rings is 1. The molecule has 0 bridgehead atoms. The number of benzene rings is 1. The molecule has 1 heterocycles. The number of nitrogens with one attached hydrogen (secondary N) is 1. The second-order valence-corrected chi connectivity index (χ2v) is 7.42. The largest absolute Gasteiger partial charge is 0.352 e. The number of hydrogen-bond donors (Lipinski definition) is 1. The van der Waals surface area contributed by atoms with Crippen LogP contribution in [-0.4, -0.2) is 29.8 Å². The number of hydrogen-bond acceptors (Lipinski definition) is 2. The van der Waals surface area contributed by atoms with Crippen LogP contribution in [0.5, 0.6) is 0 Å². The summed E-state index contributed by atoms with van der Waals surface area (Å²) in [6.07, 6.45) is 5.25. The molecule has 2 amide bonds. The number of carbonyl (C=O) groups is 2. The van der Waals surface area contributed by atoms with Gasteiger partial charge in [-0.15, -0.1) is 0 Å². The Bertz CT molecular complexity index is 625. The molecule has 2 fully saturated rings. The summed E-state index contributed by atoms with van der Waals surface area (Å²) in [7, 11) is 0. The van der Waals surface area contributed by atoms with Gasteiger partial charge in [-0.1, -0.05) is 30.3 Å². The third-order valence-electron chi connectivity index (χ3n) is 5.42. The first-order valence-electron chi connectivity index (χ1n) is 8.45. The van der Waals surface area contributed by atoms with E-state index in [-0.39, 0.29) is 23.1 Å². The molecule has 3 rings (SSSR count). The van der Waals surface area contributed by atoms with Crippen molar-refractivity contribution in [1.29, 1.82) is 0 Å². The minimum absolute atomic E-state index is 0.0152. The van der Waals surface area contributed by atoms with Crippen molar-refractivity contribution in [2.45, 2.75) is 32.2 Å². The number of amides is 2. The van der Waals surface area contributed by atoms with Gasteiger partial charge in [-0.2, -0.15) is 0 Å². The van der Waals surface area contributed by atoms with E-state index in [1.165, 1.54) is 6.08 Å². The quantitative estimate of drug-likeness (QED) is 0.851. The minimum atomic E-state index is 0.0152. The second kappa shape index (κ2) is 6.98. The summed E-state index contributed by atoms with van der Waals surface area (Å²) in [5.41, 5.74) is 1.32. The van der Waals surface area contributed by atoms with Crippen LogP contribution in [0.1, 0.15) is 31.2 Å². The normalized spacial score (nSPS) is 19.6. The lowest BCUT2D eigenvalue weighted by molar-refractivity contribution is -0.139. The minimum Gasteiger partial charge on any atom is -0.352 e. The van der Waals surface area contributed by atoms with Crippen LogP contribution in [0.15, 0.2) is 36.9 Å². The molecule has 1 N–H and O–H groups in total. The SMILES string of the molecule is C=CC(=O)N1CCC2(CC1)CC(C(=O)NCc1ccc(Cl)cc1)C2. The lowest BCUT2D eigenvalue weighted by Crippen LogP contribution is -2.51. The molecule has 0 atom stereocenters. The van der Waals surface area contributed by atoms with Gasteiger partial charge in [-0.3, -0.25) is 9.59 Å². The maximum atomic E-state index is 12.3. The van der Waals surface area contributed by atoms with Crippen LogP contribution in [0, 0.1) is 11.3 Å². The van der Waals surface area contributed by atoms with Gasteiger partial charge in [-0.25, -0.2) is 0 Å². The summed E-state index contributed by atoms with van der Waals surface area (Å²) in [4.78, 5) is 25.8. The third-order valence-corrected chi connectivity index (χ3v) is 5.67. The van der Waals surface area contributed by atoms with Crippen molar-refractivity contribution >= 4 is 23.4 Å². The molecule has 1 aliphatic carbocycles. The van der Waals surface area contributed by atoms with E-state index in [1.807, 2.05) is 29.2 Å². The summed E-state index contributed by atoms with van der Waals surface area (Å²) in [5, 5.41) is 3.72. The Morgan fingerprint density at radius 3 is 2.46 bits per heavy atom. The molecule has 1 aromatic carbocycles. The molecule has 0 unspecified atom stereocenters. The number of likely N-dealkylation sites (tertiary alicyclic amines) is 1. The van der Waals surface area contributed by atoms with E-state index in [2.05, 4.69) is 11.9 Å². The molecule has 4 nitrogen and oxygen atoms in total. The fourth-order valence-corrected chi connectivity index (χ4v) is 3.97. The maximum absolute atomic E-state index is 12.3. The van der Waals surface area contributed by atoms with E-state index in [4.69, 9.17) is 11.6 Å². The molecule has 1 saturated carbocycles. The molecule has 1 spiro atoms. The van der Waals surface area contributed by atoms with E-state index < -0.39 is 0 Å². The Balaban J connectivity index is 1.43. The Labute approximate surface area is 147 Å². The molecule has 2 aliphatic rings. The zero-order valence-electron chi connectivity index (χ0n) is 13.8. The molecule has 1 saturated heterocycles. The standard InChI is InChI=1S/C19H23ClN2O2/c1-2-17(23)22-9-7-19(8-10-22)11-15(12-19)18(24)21-13-14-3-5-16(20)6-4-14/h2-6,15H,1,7-13H2,(H,21,24). The fraction of sp³-hybridized carbons (Fsp3) is 0.474. The predicted octanol–water partition coefficient (Wildman–Crippen LogP) is 3.16. The average molecular weight is 347 g/mol. The highest BCUT2D eigenvalue weighted by Crippen LogP contribution is 2.52. The predicted molar refractivity (Wildman–Crippen MR) is 94.5 cm³/mol. The molecule has 24 heavy (non-hydrogen) atoms. The third kappa shape index (κ3) is 3.64. The smallest absolute Gasteiger partial charge is 0.245 e. The van der Waals surface area contributed by atoms with Gasteiger partial charge in [0, 0.05) is 30.6 Å². The second-order valence-electron chi connectivity index (χ2n) is 6.98. The molecule has 1 aliphatic heterocycles. The summed E-state index contributed by atoms with van der Waals surface area (Å²) in [5.74, 6) is 0.264. The first-order valence-corrected chi connectivity index (χ1v) is 8.83. The molecular formula is C19H23ClN2O2. The van der Waals surface area contributed by atoms with Crippen LogP contribution in [0.2, 0.25) is 5.02 Å². The van der Waals surface area contributed by atoms with Crippen LogP contribution < -0.4 is 5.32 Å². The van der Waals surface area contributed by atoms with Crippen molar-refractivity contribution in [2.24, 2.45) is 11.3 Å². The van der Waals surface area contributed by atoms with Crippen molar-refractivity contribution < 1.29 is 9.59 Å². The molecule has 1 aromatic rings. The number of halogens is 1. The van der Waals surface area contributed by atoms with Crippen molar-refractivity contribution in [2.75, 3.05) is 13.1 Å². The van der Waals surface area contributed by atoms with Gasteiger partial charge in [0.25, 0.3) is 0 Å². The van der Waals surface area contributed by atoms with E-state index in [0.29, 0.717) is 11.6 Å². The monoisotopic (exact) mass is 346 g/mol. The van der Waals surface area contributed by atoms with Crippen molar-refractivity contribution in [1.82, 2.24) is 10.2 Å². The summed E-state index contributed by atoms with van der Waals surface area (Å²) in [6, 6.07) is 7.52. The van der Waals surface area contributed by atoms with Gasteiger partial charge in [-0.05, 0) is 54.9 Å². The summed E-state index contributed by atoms with van der Waals surface area (Å²) >= 11 is 5.86. The number of rotatable bonds is 4. The molecule has 0 radical (unpaired) electrons. The van der Waals surface area contributed by atoms with Crippen LogP contribution >= 0.6 is 11.6 Å². The number of nitrogens with zero attached hydrogens (tertiary/aromatic N) is 1. The number of carbonyl (C=O) groups excluding carboxylic acids is 2. The first kappa shape index (κ1) is 17.0.